The van der Waals surface area contributed by atoms with Gasteiger partial charge in [-0.05, 0) is 60.2 Å². The Morgan fingerprint density at radius 3 is 2.33 bits per heavy atom. The van der Waals surface area contributed by atoms with Crippen LogP contribution in [0.15, 0.2) is 77.7 Å². The third-order valence-electron chi connectivity index (χ3n) is 4.40. The van der Waals surface area contributed by atoms with Crippen molar-refractivity contribution < 1.29 is 13.2 Å². The number of nitrogens with one attached hydrogen (secondary N) is 1. The summed E-state index contributed by atoms with van der Waals surface area (Å²) in [6, 6.07) is 21.8. The van der Waals surface area contributed by atoms with E-state index in [2.05, 4.69) is 5.32 Å². The molecule has 0 radical (unpaired) electrons. The summed E-state index contributed by atoms with van der Waals surface area (Å²) in [6.07, 6.45) is 1.13. The van der Waals surface area contributed by atoms with Crippen molar-refractivity contribution in [1.29, 1.82) is 0 Å². The second-order valence-corrected chi connectivity index (χ2v) is 10.2. The lowest BCUT2D eigenvalue weighted by Gasteiger charge is -2.17. The second kappa shape index (κ2) is 9.55. The van der Waals surface area contributed by atoms with Crippen molar-refractivity contribution in [3.05, 3.63) is 88.9 Å². The third-order valence-corrected chi connectivity index (χ3v) is 6.94. The molecule has 156 valence electrons. The lowest BCUT2D eigenvalue weighted by molar-refractivity contribution is 0.102. The number of halogens is 1. The van der Waals surface area contributed by atoms with E-state index in [-0.39, 0.29) is 5.91 Å². The van der Waals surface area contributed by atoms with Gasteiger partial charge in [0.25, 0.3) is 5.91 Å². The number of hydrogen-bond acceptors (Lipinski definition) is 4. The van der Waals surface area contributed by atoms with Gasteiger partial charge in [-0.1, -0.05) is 29.8 Å². The molecule has 3 aromatic carbocycles. The maximum Gasteiger partial charge on any atom is 0.255 e. The van der Waals surface area contributed by atoms with Crippen molar-refractivity contribution in [3.63, 3.8) is 0 Å². The summed E-state index contributed by atoms with van der Waals surface area (Å²) in [5, 5.41) is 3.52. The lowest BCUT2D eigenvalue weighted by Crippen LogP contribution is -2.24. The molecule has 0 saturated heterocycles. The highest BCUT2D eigenvalue weighted by atomic mass is 35.5. The quantitative estimate of drug-likeness (QED) is 0.487. The van der Waals surface area contributed by atoms with Crippen LogP contribution >= 0.6 is 23.4 Å². The average molecular weight is 461 g/mol. The van der Waals surface area contributed by atoms with E-state index < -0.39 is 10.0 Å². The number of thioether (sulfide) groups is 1. The van der Waals surface area contributed by atoms with Crippen molar-refractivity contribution >= 4 is 50.7 Å². The van der Waals surface area contributed by atoms with E-state index in [4.69, 9.17) is 11.6 Å². The molecule has 8 heteroatoms. The minimum absolute atomic E-state index is 0.258. The summed E-state index contributed by atoms with van der Waals surface area (Å²) >= 11 is 7.59. The first-order valence-electron chi connectivity index (χ1n) is 9.05. The Morgan fingerprint density at radius 2 is 1.70 bits per heavy atom. The Balaban J connectivity index is 1.63. The minimum atomic E-state index is -3.37. The molecule has 5 nitrogen and oxygen atoms in total. The Kier molecular flexibility index (Phi) is 7.07. The van der Waals surface area contributed by atoms with Gasteiger partial charge in [-0.25, -0.2) is 8.42 Å². The summed E-state index contributed by atoms with van der Waals surface area (Å²) in [5.41, 5.74) is 2.63. The molecule has 1 amide bonds. The third kappa shape index (κ3) is 6.01. The predicted octanol–water partition coefficient (Wildman–Crippen LogP) is 5.28. The van der Waals surface area contributed by atoms with Crippen molar-refractivity contribution in [1.82, 2.24) is 0 Å². The normalized spacial score (nSPS) is 11.2. The van der Waals surface area contributed by atoms with Crippen LogP contribution in [0.3, 0.4) is 0 Å². The first kappa shape index (κ1) is 22.2. The summed E-state index contributed by atoms with van der Waals surface area (Å²) in [4.78, 5) is 13.7. The monoisotopic (exact) mass is 460 g/mol. The van der Waals surface area contributed by atoms with Gasteiger partial charge in [-0.15, -0.1) is 11.8 Å². The van der Waals surface area contributed by atoms with Crippen molar-refractivity contribution in [3.8, 4) is 0 Å². The van der Waals surface area contributed by atoms with Gasteiger partial charge in [0.05, 0.1) is 11.9 Å². The number of benzene rings is 3. The van der Waals surface area contributed by atoms with Crippen LogP contribution in [0.2, 0.25) is 5.02 Å². The first-order chi connectivity index (χ1) is 14.2. The minimum Gasteiger partial charge on any atom is -0.322 e. The van der Waals surface area contributed by atoms with Gasteiger partial charge in [0.1, 0.15) is 0 Å². The highest BCUT2D eigenvalue weighted by Gasteiger charge is 2.13. The molecular formula is C22H21ClN2O3S2. The first-order valence-corrected chi connectivity index (χ1v) is 12.3. The number of sulfonamides is 1. The molecule has 0 aromatic heterocycles. The van der Waals surface area contributed by atoms with Crippen molar-refractivity contribution in [2.75, 3.05) is 22.9 Å². The average Bonchev–Trinajstić information content (AvgIpc) is 2.72. The van der Waals surface area contributed by atoms with E-state index in [1.165, 1.54) is 7.05 Å². The maximum absolute atomic E-state index is 12.6. The molecule has 0 spiro atoms. The molecule has 0 aliphatic rings. The fraction of sp³-hybridized carbons (Fsp3) is 0.136. The lowest BCUT2D eigenvalue weighted by atomic mass is 10.1. The van der Waals surface area contributed by atoms with Gasteiger partial charge in [0.2, 0.25) is 10.0 Å². The van der Waals surface area contributed by atoms with Crippen molar-refractivity contribution in [2.24, 2.45) is 0 Å². The number of amides is 1. The van der Waals surface area contributed by atoms with Gasteiger partial charge >= 0.3 is 0 Å². The molecule has 3 aromatic rings. The molecule has 1 N–H and O–H groups in total. The van der Waals surface area contributed by atoms with E-state index in [9.17, 15) is 13.2 Å². The second-order valence-electron chi connectivity index (χ2n) is 6.67. The molecule has 3 rings (SSSR count). The number of nitrogens with zero attached hydrogens (tertiary/aromatic N) is 1. The van der Waals surface area contributed by atoms with Crippen LogP contribution in [0.25, 0.3) is 0 Å². The molecule has 0 saturated carbocycles. The Bertz CT molecular complexity index is 1130. The predicted molar refractivity (Wildman–Crippen MR) is 125 cm³/mol. The summed E-state index contributed by atoms with van der Waals surface area (Å²) in [6.45, 7) is 0. The summed E-state index contributed by atoms with van der Waals surface area (Å²) < 4.78 is 24.6. The highest BCUT2D eigenvalue weighted by molar-refractivity contribution is 7.98. The van der Waals surface area contributed by atoms with Gasteiger partial charge < -0.3 is 5.32 Å². The molecule has 30 heavy (non-hydrogen) atoms. The molecular weight excluding hydrogens is 440 g/mol. The maximum atomic E-state index is 12.6. The van der Waals surface area contributed by atoms with Crippen LogP contribution in [0.4, 0.5) is 11.4 Å². The molecule has 0 heterocycles. The number of carbonyl (C=O) groups excluding carboxylic acids is 1. The molecule has 0 aliphatic heterocycles. The molecule has 0 fully saturated rings. The smallest absolute Gasteiger partial charge is 0.255 e. The SMILES string of the molecule is CN(c1cccc(NC(=O)c2ccc(CSc3ccc(Cl)cc3)cc2)c1)S(C)(=O)=O. The number of rotatable bonds is 7. The van der Waals surface area contributed by atoms with Gasteiger partial charge in [-0.3, -0.25) is 9.10 Å². The van der Waals surface area contributed by atoms with Gasteiger partial charge in [0, 0.05) is 34.0 Å². The van der Waals surface area contributed by atoms with E-state index in [1.54, 1.807) is 48.2 Å². The van der Waals surface area contributed by atoms with E-state index in [1.807, 2.05) is 36.4 Å². The van der Waals surface area contributed by atoms with Crippen LogP contribution in [0.5, 0.6) is 0 Å². The zero-order valence-electron chi connectivity index (χ0n) is 16.5. The van der Waals surface area contributed by atoms with E-state index in [0.29, 0.717) is 22.0 Å². The van der Waals surface area contributed by atoms with Crippen LogP contribution in [-0.2, 0) is 15.8 Å². The topological polar surface area (TPSA) is 66.5 Å². The fourth-order valence-corrected chi connectivity index (χ4v) is 4.10. The molecule has 0 aliphatic carbocycles. The largest absolute Gasteiger partial charge is 0.322 e. The molecule has 0 bridgehead atoms. The van der Waals surface area contributed by atoms with Gasteiger partial charge in [-0.2, -0.15) is 0 Å². The van der Waals surface area contributed by atoms with Crippen LogP contribution in [0, 0.1) is 0 Å². The number of carbonyl (C=O) groups is 1. The van der Waals surface area contributed by atoms with Crippen LogP contribution < -0.4 is 9.62 Å². The summed E-state index contributed by atoms with van der Waals surface area (Å²) in [7, 11) is -1.90. The Hall–Kier alpha value is -2.48. The van der Waals surface area contributed by atoms with E-state index in [0.717, 1.165) is 26.8 Å². The van der Waals surface area contributed by atoms with E-state index >= 15 is 0 Å². The zero-order chi connectivity index (χ0) is 21.7. The Morgan fingerprint density at radius 1 is 1.03 bits per heavy atom. The molecule has 0 atom stereocenters. The van der Waals surface area contributed by atoms with Crippen LogP contribution in [-0.4, -0.2) is 27.6 Å². The van der Waals surface area contributed by atoms with Gasteiger partial charge in [0.15, 0.2) is 0 Å². The number of hydrogen-bond donors (Lipinski definition) is 1. The number of anilines is 2. The van der Waals surface area contributed by atoms with Crippen LogP contribution in [0.1, 0.15) is 15.9 Å². The van der Waals surface area contributed by atoms with Crippen molar-refractivity contribution in [2.45, 2.75) is 10.6 Å². The Labute approximate surface area is 186 Å². The standard InChI is InChI=1S/C22H21ClN2O3S2/c1-25(30(2,27)28)20-5-3-4-19(14-20)24-22(26)17-8-6-16(7-9-17)15-29-21-12-10-18(23)11-13-21/h3-14H,15H2,1-2H3,(H,24,26). The zero-order valence-corrected chi connectivity index (χ0v) is 18.9. The summed E-state index contributed by atoms with van der Waals surface area (Å²) in [5.74, 6) is 0.523. The fourth-order valence-electron chi connectivity index (χ4n) is 2.62. The molecule has 0 unspecified atom stereocenters. The highest BCUT2D eigenvalue weighted by Crippen LogP contribution is 2.25.